The molecule has 0 N–H and O–H groups in total. The number of Topliss-reactive ketones (excluding diaryl/α,β-unsaturated/α-hetero) is 1. The maximum Gasteiger partial charge on any atom is 0.435 e. The Labute approximate surface area is 151 Å². The third-order valence-corrected chi connectivity index (χ3v) is 4.38. The average Bonchev–Trinajstić information content (AvgIpc) is 3.14. The van der Waals surface area contributed by atoms with Crippen LogP contribution in [-0.2, 0) is 28.8 Å². The normalized spacial score (nSPS) is 15.5. The number of halogens is 3. The number of aromatic nitrogens is 3. The van der Waals surface area contributed by atoms with Crippen LogP contribution >= 0.6 is 0 Å². The molecule has 8 nitrogen and oxygen atoms in total. The lowest BCUT2D eigenvalue weighted by Gasteiger charge is -2.23. The lowest BCUT2D eigenvalue weighted by atomic mass is 10.2. The van der Waals surface area contributed by atoms with Crippen molar-refractivity contribution in [3.8, 4) is 0 Å². The number of hydrogen-bond donors (Lipinski definition) is 0. The minimum Gasteiger partial charge on any atom is -0.383 e. The van der Waals surface area contributed by atoms with Crippen molar-refractivity contribution in [3.63, 3.8) is 0 Å². The van der Waals surface area contributed by atoms with Gasteiger partial charge in [0.2, 0.25) is 0 Å². The number of amides is 1. The fraction of sp³-hybridized carbons (Fsp3) is 0.500. The SMILES string of the molecule is COC[C@H](C)N1Cc2c(n(CC(C)=O)c3cc(C(F)(F)F)nn3c2=O)C1=O. The number of rotatable bonds is 5. The second-order valence-electron chi connectivity index (χ2n) is 6.46. The molecule has 2 aromatic heterocycles. The van der Waals surface area contributed by atoms with Crippen molar-refractivity contribution in [2.45, 2.75) is 39.2 Å². The maximum atomic E-state index is 13.0. The van der Waals surface area contributed by atoms with Gasteiger partial charge in [0.1, 0.15) is 17.1 Å². The molecule has 146 valence electrons. The van der Waals surface area contributed by atoms with Crippen molar-refractivity contribution < 1.29 is 27.5 Å². The highest BCUT2D eigenvalue weighted by atomic mass is 19.4. The largest absolute Gasteiger partial charge is 0.435 e. The molecule has 0 spiro atoms. The zero-order valence-electron chi connectivity index (χ0n) is 14.8. The first-order chi connectivity index (χ1) is 12.6. The minimum atomic E-state index is -4.76. The maximum absolute atomic E-state index is 13.0. The van der Waals surface area contributed by atoms with E-state index in [4.69, 9.17) is 4.74 Å². The standard InChI is InChI=1S/C16H17F3N4O4/c1-8(7-27-3)21-6-10-13(15(21)26)22(5-9(2)24)12-4-11(16(17,18)19)20-23(12)14(10)25/h4,8H,5-7H2,1-3H3/t8-/m0/s1. The van der Waals surface area contributed by atoms with Crippen LogP contribution in [-0.4, -0.2) is 50.5 Å². The molecule has 0 bridgehead atoms. The molecule has 1 aliphatic rings. The molecule has 27 heavy (non-hydrogen) atoms. The Balaban J connectivity index is 2.26. The first kappa shape index (κ1) is 19.1. The van der Waals surface area contributed by atoms with Gasteiger partial charge in [0.15, 0.2) is 5.69 Å². The van der Waals surface area contributed by atoms with Gasteiger partial charge >= 0.3 is 6.18 Å². The Bertz CT molecular complexity index is 992. The fourth-order valence-corrected chi connectivity index (χ4v) is 3.19. The van der Waals surface area contributed by atoms with Gasteiger partial charge < -0.3 is 14.2 Å². The van der Waals surface area contributed by atoms with Crippen LogP contribution in [0.2, 0.25) is 0 Å². The van der Waals surface area contributed by atoms with E-state index >= 15 is 0 Å². The summed E-state index contributed by atoms with van der Waals surface area (Å²) in [5.74, 6) is -0.918. The molecular weight excluding hydrogens is 369 g/mol. The predicted octanol–water partition coefficient (Wildman–Crippen LogP) is 1.09. The summed E-state index contributed by atoms with van der Waals surface area (Å²) in [7, 11) is 1.46. The van der Waals surface area contributed by atoms with Gasteiger partial charge in [-0.3, -0.25) is 14.4 Å². The van der Waals surface area contributed by atoms with Crippen LogP contribution in [0, 0.1) is 0 Å². The van der Waals surface area contributed by atoms with E-state index in [9.17, 15) is 27.6 Å². The topological polar surface area (TPSA) is 85.9 Å². The van der Waals surface area contributed by atoms with Crippen molar-refractivity contribution in [2.75, 3.05) is 13.7 Å². The van der Waals surface area contributed by atoms with Crippen LogP contribution in [0.1, 0.15) is 35.6 Å². The molecule has 1 atom stereocenters. The van der Waals surface area contributed by atoms with Crippen molar-refractivity contribution in [3.05, 3.63) is 33.4 Å². The molecule has 0 saturated heterocycles. The molecule has 0 radical (unpaired) electrons. The van der Waals surface area contributed by atoms with Gasteiger partial charge in [0.05, 0.1) is 31.3 Å². The third kappa shape index (κ3) is 3.11. The van der Waals surface area contributed by atoms with E-state index in [1.807, 2.05) is 0 Å². The number of fused-ring (bicyclic) bond motifs is 2. The van der Waals surface area contributed by atoms with Gasteiger partial charge in [0.25, 0.3) is 11.5 Å². The van der Waals surface area contributed by atoms with Gasteiger partial charge in [-0.15, -0.1) is 0 Å². The summed E-state index contributed by atoms with van der Waals surface area (Å²) in [6.07, 6.45) is -4.76. The Morgan fingerprint density at radius 2 is 2.04 bits per heavy atom. The molecule has 0 aliphatic carbocycles. The zero-order valence-corrected chi connectivity index (χ0v) is 14.8. The third-order valence-electron chi connectivity index (χ3n) is 4.38. The van der Waals surface area contributed by atoms with Crippen LogP contribution < -0.4 is 5.56 Å². The van der Waals surface area contributed by atoms with E-state index in [0.717, 1.165) is 4.57 Å². The second-order valence-corrected chi connectivity index (χ2v) is 6.46. The predicted molar refractivity (Wildman–Crippen MR) is 86.3 cm³/mol. The second kappa shape index (κ2) is 6.48. The number of ketones is 1. The Kier molecular flexibility index (Phi) is 4.58. The zero-order chi connectivity index (χ0) is 20.1. The molecule has 0 saturated carbocycles. The van der Waals surface area contributed by atoms with Crippen LogP contribution in [0.3, 0.4) is 0 Å². The smallest absolute Gasteiger partial charge is 0.383 e. The van der Waals surface area contributed by atoms with Crippen LogP contribution in [0.25, 0.3) is 5.65 Å². The monoisotopic (exact) mass is 386 g/mol. The fourth-order valence-electron chi connectivity index (χ4n) is 3.19. The molecule has 3 rings (SSSR count). The lowest BCUT2D eigenvalue weighted by molar-refractivity contribution is -0.141. The van der Waals surface area contributed by atoms with E-state index in [1.165, 1.54) is 18.9 Å². The number of nitrogens with zero attached hydrogens (tertiary/aromatic N) is 4. The Morgan fingerprint density at radius 1 is 1.37 bits per heavy atom. The Hall–Kier alpha value is -2.69. The summed E-state index contributed by atoms with van der Waals surface area (Å²) in [5, 5.41) is 3.35. The summed E-state index contributed by atoms with van der Waals surface area (Å²) < 4.78 is 45.9. The molecule has 0 unspecified atom stereocenters. The lowest BCUT2D eigenvalue weighted by Crippen LogP contribution is -2.37. The number of hydrogen-bond acceptors (Lipinski definition) is 5. The Morgan fingerprint density at radius 3 is 2.59 bits per heavy atom. The highest BCUT2D eigenvalue weighted by Gasteiger charge is 2.39. The van der Waals surface area contributed by atoms with Crippen LogP contribution in [0.15, 0.2) is 10.9 Å². The number of carbonyl (C=O) groups is 2. The van der Waals surface area contributed by atoms with E-state index < -0.39 is 23.3 Å². The molecule has 1 aliphatic heterocycles. The van der Waals surface area contributed by atoms with Gasteiger partial charge in [-0.25, -0.2) is 0 Å². The molecule has 11 heteroatoms. The summed E-state index contributed by atoms with van der Waals surface area (Å²) in [5.41, 5.74) is -2.41. The van der Waals surface area contributed by atoms with E-state index in [1.54, 1.807) is 6.92 Å². The van der Waals surface area contributed by atoms with Gasteiger partial charge in [-0.2, -0.15) is 22.8 Å². The first-order valence-corrected chi connectivity index (χ1v) is 8.08. The summed E-state index contributed by atoms with van der Waals surface area (Å²) in [6.45, 7) is 2.74. The quantitative estimate of drug-likeness (QED) is 0.768. The summed E-state index contributed by atoms with van der Waals surface area (Å²) >= 11 is 0. The summed E-state index contributed by atoms with van der Waals surface area (Å²) in [4.78, 5) is 38.6. The number of alkyl halides is 3. The molecule has 0 fully saturated rings. The molecule has 3 heterocycles. The van der Waals surface area contributed by atoms with Crippen molar-refractivity contribution >= 4 is 17.3 Å². The highest BCUT2D eigenvalue weighted by molar-refractivity contribution is 5.98. The van der Waals surface area contributed by atoms with Crippen molar-refractivity contribution in [2.24, 2.45) is 0 Å². The van der Waals surface area contributed by atoms with Crippen LogP contribution in [0.5, 0.6) is 0 Å². The van der Waals surface area contributed by atoms with E-state index in [-0.39, 0.29) is 48.4 Å². The van der Waals surface area contributed by atoms with Crippen molar-refractivity contribution in [1.29, 1.82) is 0 Å². The van der Waals surface area contributed by atoms with Gasteiger partial charge in [0, 0.05) is 13.2 Å². The van der Waals surface area contributed by atoms with Crippen molar-refractivity contribution in [1.82, 2.24) is 19.1 Å². The first-order valence-electron chi connectivity index (χ1n) is 8.08. The van der Waals surface area contributed by atoms with E-state index in [0.29, 0.717) is 10.6 Å². The highest BCUT2D eigenvalue weighted by Crippen LogP contribution is 2.30. The summed E-state index contributed by atoms with van der Waals surface area (Å²) in [6, 6.07) is 0.303. The number of methoxy groups -OCH3 is 1. The van der Waals surface area contributed by atoms with Gasteiger partial charge in [-0.1, -0.05) is 0 Å². The average molecular weight is 386 g/mol. The van der Waals surface area contributed by atoms with Crippen LogP contribution in [0.4, 0.5) is 13.2 Å². The van der Waals surface area contributed by atoms with E-state index in [2.05, 4.69) is 5.10 Å². The molecule has 1 amide bonds. The van der Waals surface area contributed by atoms with Gasteiger partial charge in [-0.05, 0) is 13.8 Å². The molecular formula is C16H17F3N4O4. The number of carbonyl (C=O) groups excluding carboxylic acids is 2. The molecule has 0 aromatic carbocycles. The molecule has 2 aromatic rings. The minimum absolute atomic E-state index is 0.00790. The number of ether oxygens (including phenoxy) is 1.